The number of carbonyl (C=O) groups excluding carboxylic acids is 1. The summed E-state index contributed by atoms with van der Waals surface area (Å²) in [6.45, 7) is -0.109. The van der Waals surface area contributed by atoms with E-state index in [1.54, 1.807) is 19.6 Å². The molecule has 0 unspecified atom stereocenters. The number of carboxylic acid groups (broad SMARTS) is 4. The van der Waals surface area contributed by atoms with Crippen LogP contribution in [0.2, 0.25) is 0 Å². The number of hydrogen-bond acceptors (Lipinski definition) is 14. The molecule has 0 aromatic heterocycles. The first-order valence-corrected chi connectivity index (χ1v) is 15.4. The van der Waals surface area contributed by atoms with Crippen molar-refractivity contribution in [3.8, 4) is 5.75 Å². The summed E-state index contributed by atoms with van der Waals surface area (Å²) >= 11 is 0. The van der Waals surface area contributed by atoms with Crippen LogP contribution in [0.5, 0.6) is 5.75 Å². The number of halogens is 2. The predicted molar refractivity (Wildman–Crippen MR) is 164 cm³/mol. The van der Waals surface area contributed by atoms with Gasteiger partial charge in [-0.15, -0.1) is 0 Å². The van der Waals surface area contributed by atoms with Crippen LogP contribution in [0, 0.1) is 0 Å². The summed E-state index contributed by atoms with van der Waals surface area (Å²) in [5, 5.41) is 69.8. The van der Waals surface area contributed by atoms with Gasteiger partial charge in [-0.1, -0.05) is 0 Å². The summed E-state index contributed by atoms with van der Waals surface area (Å²) in [5.74, 6) is -6.29. The topological polar surface area (TPSA) is 270 Å². The van der Waals surface area contributed by atoms with Crippen molar-refractivity contribution in [3.05, 3.63) is 23.8 Å². The van der Waals surface area contributed by atoms with Gasteiger partial charge in [0.25, 0.3) is 6.43 Å². The Morgan fingerprint density at radius 2 is 1.16 bits per heavy atom. The van der Waals surface area contributed by atoms with Crippen LogP contribution in [0.25, 0.3) is 0 Å². The van der Waals surface area contributed by atoms with Crippen LogP contribution in [0.1, 0.15) is 12.0 Å². The van der Waals surface area contributed by atoms with Crippen molar-refractivity contribution in [3.63, 3.8) is 0 Å². The summed E-state index contributed by atoms with van der Waals surface area (Å²) < 4.78 is 38.4. The van der Waals surface area contributed by atoms with Crippen LogP contribution in [0.4, 0.5) is 14.5 Å². The molecule has 2 aliphatic heterocycles. The van der Waals surface area contributed by atoms with Gasteiger partial charge in [0, 0.05) is 58.0 Å². The van der Waals surface area contributed by atoms with E-state index in [2.05, 4.69) is 5.32 Å². The highest BCUT2D eigenvalue weighted by Crippen LogP contribution is 2.34. The third-order valence-corrected chi connectivity index (χ3v) is 7.96. The third-order valence-electron chi connectivity index (χ3n) is 7.96. The molecule has 3 rings (SSSR count). The smallest absolute Gasteiger partial charge is 0.335 e. The molecule has 2 fully saturated rings. The van der Waals surface area contributed by atoms with Gasteiger partial charge in [-0.05, 0) is 18.2 Å². The molecule has 19 nitrogen and oxygen atoms in total. The fraction of sp³-hybridized carbons (Fsp3) is 0.621. The number of nitrogens with one attached hydrogen (secondary N) is 1. The lowest BCUT2D eigenvalue weighted by atomic mass is 9.99. The standard InChI is InChI=1S/C29H41F2N5O14/c30-27(31)17-11-16(1-2-18(17)49-29-25(46)23(44)24(45)26(50-29)28(47)48)32-19(37)12-33-3-5-34(13-20(38)39)7-9-36(15-22(42)43)10-8-35(6-4-33)14-21(40)41/h1-2,11,23-27,29,44-46H,3-10,12-15H2,(H,32,37)(H,38,39)(H,40,41)(H,42,43)(H,47,48)/t23-,24-,25+,26-,29+/m0/s1. The van der Waals surface area contributed by atoms with Gasteiger partial charge < -0.3 is 50.5 Å². The van der Waals surface area contributed by atoms with Crippen molar-refractivity contribution in [2.45, 2.75) is 37.1 Å². The maximum absolute atomic E-state index is 14.1. The zero-order valence-corrected chi connectivity index (χ0v) is 26.7. The molecule has 0 aliphatic carbocycles. The number of carboxylic acids is 4. The molecule has 8 N–H and O–H groups in total. The number of alkyl halides is 2. The van der Waals surface area contributed by atoms with Gasteiger partial charge in [0.1, 0.15) is 24.1 Å². The molecule has 2 aliphatic rings. The van der Waals surface area contributed by atoms with Crippen molar-refractivity contribution in [2.24, 2.45) is 0 Å². The minimum atomic E-state index is -3.20. The Balaban J connectivity index is 1.74. The second-order valence-corrected chi connectivity index (χ2v) is 11.7. The Labute approximate surface area is 283 Å². The number of ether oxygens (including phenoxy) is 2. The van der Waals surface area contributed by atoms with Crippen molar-refractivity contribution < 1.29 is 78.0 Å². The molecule has 1 amide bonds. The first-order chi connectivity index (χ1) is 23.5. The Bertz CT molecular complexity index is 1330. The number of amides is 1. The van der Waals surface area contributed by atoms with Crippen LogP contribution >= 0.6 is 0 Å². The molecule has 0 bridgehead atoms. The van der Waals surface area contributed by atoms with Gasteiger partial charge in [-0.25, -0.2) is 13.6 Å². The monoisotopic (exact) mass is 721 g/mol. The summed E-state index contributed by atoms with van der Waals surface area (Å²) in [5.41, 5.74) is -0.891. The minimum absolute atomic E-state index is 0.102. The van der Waals surface area contributed by atoms with E-state index in [-0.39, 0.29) is 84.2 Å². The van der Waals surface area contributed by atoms with Crippen molar-refractivity contribution in [1.82, 2.24) is 19.6 Å². The lowest BCUT2D eigenvalue weighted by Crippen LogP contribution is -2.61. The van der Waals surface area contributed by atoms with E-state index in [1.165, 1.54) is 6.07 Å². The van der Waals surface area contributed by atoms with E-state index in [1.807, 2.05) is 0 Å². The molecule has 2 saturated heterocycles. The fourth-order valence-electron chi connectivity index (χ4n) is 5.37. The number of anilines is 1. The van der Waals surface area contributed by atoms with Gasteiger partial charge >= 0.3 is 23.9 Å². The maximum Gasteiger partial charge on any atom is 0.335 e. The molecular weight excluding hydrogens is 680 g/mol. The normalized spacial score (nSPS) is 25.3. The van der Waals surface area contributed by atoms with Crippen molar-refractivity contribution in [1.29, 1.82) is 0 Å². The van der Waals surface area contributed by atoms with Gasteiger partial charge in [-0.2, -0.15) is 0 Å². The molecule has 2 heterocycles. The Morgan fingerprint density at radius 3 is 1.56 bits per heavy atom. The zero-order valence-electron chi connectivity index (χ0n) is 26.7. The van der Waals surface area contributed by atoms with Crippen molar-refractivity contribution >= 4 is 35.5 Å². The molecule has 1 aromatic carbocycles. The second kappa shape index (κ2) is 18.8. The van der Waals surface area contributed by atoms with E-state index in [4.69, 9.17) is 9.47 Å². The SMILES string of the molecule is O=C(O)CN1CCN(CC(=O)O)CCN(CC(=O)Nc2ccc(O[C@@H]3O[C@H](C(=O)O)[C@@H](O)[C@H](O)[C@H]3O)c(C(F)F)c2)CCN(CC(=O)O)CC1. The first-order valence-electron chi connectivity index (χ1n) is 15.4. The largest absolute Gasteiger partial charge is 0.480 e. The number of benzene rings is 1. The Kier molecular flexibility index (Phi) is 15.1. The molecule has 0 radical (unpaired) electrons. The molecule has 0 saturated carbocycles. The lowest BCUT2D eigenvalue weighted by Gasteiger charge is -2.38. The highest BCUT2D eigenvalue weighted by Gasteiger charge is 2.48. The Morgan fingerprint density at radius 1 is 0.720 bits per heavy atom. The van der Waals surface area contributed by atoms with Gasteiger partial charge in [0.05, 0.1) is 31.7 Å². The number of aliphatic carboxylic acids is 4. The molecule has 50 heavy (non-hydrogen) atoms. The van der Waals surface area contributed by atoms with Crippen LogP contribution in [0.3, 0.4) is 0 Å². The van der Waals surface area contributed by atoms with Gasteiger partial charge in [0.15, 0.2) is 6.10 Å². The van der Waals surface area contributed by atoms with E-state index < -0.39 is 78.2 Å². The third kappa shape index (κ3) is 12.4. The van der Waals surface area contributed by atoms with Crippen LogP contribution in [0.15, 0.2) is 18.2 Å². The molecule has 1 aromatic rings. The first kappa shape index (κ1) is 40.3. The summed E-state index contributed by atoms with van der Waals surface area (Å²) in [7, 11) is 0. The molecule has 5 atom stereocenters. The number of rotatable bonds is 13. The highest BCUT2D eigenvalue weighted by molar-refractivity contribution is 5.92. The minimum Gasteiger partial charge on any atom is -0.480 e. The number of nitrogens with zero attached hydrogens (tertiary/aromatic N) is 4. The second-order valence-electron chi connectivity index (χ2n) is 11.7. The van der Waals surface area contributed by atoms with Gasteiger partial charge in [0.2, 0.25) is 12.2 Å². The zero-order chi connectivity index (χ0) is 37.1. The Hall–Kier alpha value is -4.09. The number of aliphatic hydroxyl groups excluding tert-OH is 3. The maximum atomic E-state index is 14.1. The summed E-state index contributed by atoms with van der Waals surface area (Å²) in [6.07, 6.45) is -13.3. The van der Waals surface area contributed by atoms with E-state index in [0.29, 0.717) is 0 Å². The van der Waals surface area contributed by atoms with Crippen LogP contribution in [-0.2, 0) is 28.7 Å². The molecule has 280 valence electrons. The van der Waals surface area contributed by atoms with E-state index >= 15 is 0 Å². The predicted octanol–water partition coefficient (Wildman–Crippen LogP) is -2.69. The summed E-state index contributed by atoms with van der Waals surface area (Å²) in [4.78, 5) is 65.1. The number of carbonyl (C=O) groups is 5. The quantitative estimate of drug-likeness (QED) is 0.103. The van der Waals surface area contributed by atoms with Gasteiger partial charge in [-0.3, -0.25) is 38.8 Å². The highest BCUT2D eigenvalue weighted by atomic mass is 19.3. The number of aliphatic hydroxyl groups is 3. The average molecular weight is 722 g/mol. The fourth-order valence-corrected chi connectivity index (χ4v) is 5.37. The van der Waals surface area contributed by atoms with E-state index in [0.717, 1.165) is 12.1 Å². The number of hydrogen-bond donors (Lipinski definition) is 8. The molecule has 0 spiro atoms. The van der Waals surface area contributed by atoms with Crippen LogP contribution < -0.4 is 10.1 Å². The molecular formula is C29H41F2N5O14. The average Bonchev–Trinajstić information content (AvgIpc) is 3.02. The van der Waals surface area contributed by atoms with E-state index in [9.17, 15) is 68.5 Å². The van der Waals surface area contributed by atoms with Crippen molar-refractivity contribution in [2.75, 3.05) is 83.9 Å². The summed E-state index contributed by atoms with van der Waals surface area (Å²) in [6, 6.07) is 3.05. The lowest BCUT2D eigenvalue weighted by molar-refractivity contribution is -0.271. The van der Waals surface area contributed by atoms with Crippen LogP contribution in [-0.4, -0.2) is 194 Å². The molecule has 21 heteroatoms.